The van der Waals surface area contributed by atoms with Crippen LogP contribution in [0.2, 0.25) is 0 Å². The van der Waals surface area contributed by atoms with Gasteiger partial charge in [0.25, 0.3) is 0 Å². The quantitative estimate of drug-likeness (QED) is 0.188. The summed E-state index contributed by atoms with van der Waals surface area (Å²) in [5, 5.41) is 13.1. The van der Waals surface area contributed by atoms with Crippen molar-refractivity contribution in [3.05, 3.63) is 174 Å². The molecule has 2 aliphatic heterocycles. The number of anilines is 1. The fourth-order valence-corrected chi connectivity index (χ4v) is 8.25. The van der Waals surface area contributed by atoms with Crippen molar-refractivity contribution in [1.82, 2.24) is 5.32 Å². The fraction of sp³-hybridized carbons (Fsp3) is 0.0930. The van der Waals surface area contributed by atoms with E-state index in [1.165, 1.54) is 48.8 Å². The summed E-state index contributed by atoms with van der Waals surface area (Å²) in [6.45, 7) is 0. The Bertz CT molecular complexity index is 2250. The van der Waals surface area contributed by atoms with Gasteiger partial charge < -0.3 is 10.6 Å². The van der Waals surface area contributed by atoms with Gasteiger partial charge in [0.05, 0.1) is 22.8 Å². The van der Waals surface area contributed by atoms with Crippen molar-refractivity contribution in [3.8, 4) is 11.1 Å². The van der Waals surface area contributed by atoms with E-state index in [0.717, 1.165) is 29.1 Å². The van der Waals surface area contributed by atoms with Gasteiger partial charge in [0.15, 0.2) is 0 Å². The Balaban J connectivity index is 1.08. The van der Waals surface area contributed by atoms with Gasteiger partial charge in [-0.3, -0.25) is 0 Å². The predicted octanol–water partition coefficient (Wildman–Crippen LogP) is 10.8. The number of hydrogen-bond donors (Lipinski definition) is 2. The summed E-state index contributed by atoms with van der Waals surface area (Å²) in [4.78, 5) is 6.52. The highest BCUT2D eigenvalue weighted by molar-refractivity contribution is 8.00. The number of rotatable bonds is 5. The lowest BCUT2D eigenvalue weighted by molar-refractivity contribution is 0.662. The fourth-order valence-electron chi connectivity index (χ4n) is 7.00. The molecule has 47 heavy (non-hydrogen) atoms. The number of aliphatic imine (C=N–C) groups is 1. The van der Waals surface area contributed by atoms with Crippen LogP contribution in [0.25, 0.3) is 38.4 Å². The summed E-state index contributed by atoms with van der Waals surface area (Å²) in [5.41, 5.74) is 8.07. The van der Waals surface area contributed by atoms with Crippen LogP contribution in [-0.4, -0.2) is 11.2 Å². The Kier molecular flexibility index (Phi) is 7.02. The molecule has 9 rings (SSSR count). The SMILES string of the molecule is C1=CCC(C2Nc3c(ccc4ccc5cc(C6=NC(c7ccccc7)=CC(c7ccc(-c8ccccc8)cc7)N6)ccc5c34)S2)C=C1. The predicted molar refractivity (Wildman–Crippen MR) is 200 cm³/mol. The van der Waals surface area contributed by atoms with Gasteiger partial charge in [-0.15, -0.1) is 0 Å². The third-order valence-electron chi connectivity index (χ3n) is 9.47. The van der Waals surface area contributed by atoms with E-state index in [9.17, 15) is 0 Å². The van der Waals surface area contributed by atoms with Crippen LogP contribution in [0.4, 0.5) is 5.69 Å². The van der Waals surface area contributed by atoms with Crippen molar-refractivity contribution in [2.75, 3.05) is 5.32 Å². The maximum absolute atomic E-state index is 5.19. The van der Waals surface area contributed by atoms with Crippen LogP contribution in [0.5, 0.6) is 0 Å². The smallest absolute Gasteiger partial charge is 0.134 e. The summed E-state index contributed by atoms with van der Waals surface area (Å²) >= 11 is 1.96. The van der Waals surface area contributed by atoms with Crippen LogP contribution >= 0.6 is 11.8 Å². The molecular weight excluding hydrogens is 591 g/mol. The van der Waals surface area contributed by atoms with E-state index in [-0.39, 0.29) is 6.04 Å². The molecule has 6 aromatic rings. The van der Waals surface area contributed by atoms with Crippen LogP contribution < -0.4 is 10.6 Å². The minimum atomic E-state index is -0.0139. The molecule has 0 fully saturated rings. The molecule has 226 valence electrons. The molecule has 3 unspecified atom stereocenters. The highest BCUT2D eigenvalue weighted by Gasteiger charge is 2.29. The van der Waals surface area contributed by atoms with E-state index in [1.807, 2.05) is 11.8 Å². The lowest BCUT2D eigenvalue weighted by Gasteiger charge is -2.25. The van der Waals surface area contributed by atoms with Crippen molar-refractivity contribution < 1.29 is 0 Å². The van der Waals surface area contributed by atoms with E-state index in [4.69, 9.17) is 4.99 Å². The summed E-state index contributed by atoms with van der Waals surface area (Å²) < 4.78 is 0. The molecule has 0 saturated carbocycles. The average Bonchev–Trinajstić information content (AvgIpc) is 3.60. The first-order valence-electron chi connectivity index (χ1n) is 16.3. The zero-order valence-electron chi connectivity index (χ0n) is 25.8. The van der Waals surface area contributed by atoms with Gasteiger partial charge in [-0.05, 0) is 63.0 Å². The first-order valence-corrected chi connectivity index (χ1v) is 17.2. The number of thioether (sulfide) groups is 1. The van der Waals surface area contributed by atoms with Crippen LogP contribution in [-0.2, 0) is 0 Å². The number of fused-ring (bicyclic) bond motifs is 5. The second-order valence-electron chi connectivity index (χ2n) is 12.4. The monoisotopic (exact) mass is 623 g/mol. The lowest BCUT2D eigenvalue weighted by Crippen LogP contribution is -2.31. The minimum absolute atomic E-state index is 0.0139. The molecule has 0 bridgehead atoms. The number of amidine groups is 1. The van der Waals surface area contributed by atoms with Crippen LogP contribution in [0, 0.1) is 5.92 Å². The van der Waals surface area contributed by atoms with Crippen molar-refractivity contribution in [1.29, 1.82) is 0 Å². The van der Waals surface area contributed by atoms with E-state index in [1.54, 1.807) is 0 Å². The Labute approximate surface area is 279 Å². The van der Waals surface area contributed by atoms with Gasteiger partial charge in [-0.25, -0.2) is 4.99 Å². The standard InChI is InChI=1S/C43H33N3S/c1-4-10-28(11-5-1)29-16-18-31(19-17-29)38-27-37(30-12-6-2-7-13-30)44-42(45-38)35-22-24-36-34(26-35)21-20-32-23-25-39-41(40(32)36)46-43(47-39)33-14-8-3-9-15-33/h1-14,16-27,33,38,43,46H,15H2,(H,44,45). The molecule has 6 aromatic carbocycles. The number of benzene rings is 6. The molecule has 4 heteroatoms. The number of allylic oxidation sites excluding steroid dienone is 3. The van der Waals surface area contributed by atoms with Crippen LogP contribution in [0.1, 0.15) is 29.2 Å². The molecular formula is C43H33N3S. The molecule has 3 atom stereocenters. The zero-order chi connectivity index (χ0) is 31.2. The molecule has 2 heterocycles. The number of nitrogens with one attached hydrogen (secondary N) is 2. The van der Waals surface area contributed by atoms with Crippen molar-refractivity contribution >= 4 is 50.5 Å². The summed E-state index contributed by atoms with van der Waals surface area (Å²) in [6, 6.07) is 45.8. The Morgan fingerprint density at radius 3 is 2.15 bits per heavy atom. The maximum Gasteiger partial charge on any atom is 0.134 e. The Hall–Kier alpha value is -5.32. The van der Waals surface area contributed by atoms with E-state index in [2.05, 4.69) is 168 Å². The van der Waals surface area contributed by atoms with Gasteiger partial charge in [-0.1, -0.05) is 151 Å². The molecule has 0 aromatic heterocycles. The van der Waals surface area contributed by atoms with Crippen LogP contribution in [0.15, 0.2) is 168 Å². The van der Waals surface area contributed by atoms with Gasteiger partial charge in [0.2, 0.25) is 0 Å². The summed E-state index contributed by atoms with van der Waals surface area (Å²) in [6.07, 6.45) is 12.3. The molecule has 2 N–H and O–H groups in total. The molecule has 3 aliphatic rings. The molecule has 3 nitrogen and oxygen atoms in total. The molecule has 0 spiro atoms. The number of hydrogen-bond acceptors (Lipinski definition) is 4. The molecule has 1 aliphatic carbocycles. The van der Waals surface area contributed by atoms with Gasteiger partial charge in [0.1, 0.15) is 5.84 Å². The normalized spacial score (nSPS) is 20.0. The zero-order valence-corrected chi connectivity index (χ0v) is 26.6. The maximum atomic E-state index is 5.19. The van der Waals surface area contributed by atoms with E-state index < -0.39 is 0 Å². The first kappa shape index (κ1) is 27.9. The van der Waals surface area contributed by atoms with Crippen molar-refractivity contribution in [3.63, 3.8) is 0 Å². The summed E-state index contributed by atoms with van der Waals surface area (Å²) in [7, 11) is 0. The van der Waals surface area contributed by atoms with Gasteiger partial charge >= 0.3 is 0 Å². The minimum Gasteiger partial charge on any atom is -0.371 e. The van der Waals surface area contributed by atoms with E-state index in [0.29, 0.717) is 11.3 Å². The third-order valence-corrected chi connectivity index (χ3v) is 10.8. The Morgan fingerprint density at radius 1 is 0.638 bits per heavy atom. The highest BCUT2D eigenvalue weighted by Crippen LogP contribution is 2.48. The van der Waals surface area contributed by atoms with Crippen molar-refractivity contribution in [2.45, 2.75) is 22.7 Å². The topological polar surface area (TPSA) is 36.4 Å². The van der Waals surface area contributed by atoms with Crippen LogP contribution in [0.3, 0.4) is 0 Å². The van der Waals surface area contributed by atoms with Gasteiger partial charge in [-0.2, -0.15) is 0 Å². The largest absolute Gasteiger partial charge is 0.371 e. The van der Waals surface area contributed by atoms with Crippen molar-refractivity contribution in [2.24, 2.45) is 10.9 Å². The lowest BCUT2D eigenvalue weighted by atomic mass is 9.96. The van der Waals surface area contributed by atoms with E-state index >= 15 is 0 Å². The highest BCUT2D eigenvalue weighted by atomic mass is 32.2. The first-order chi connectivity index (χ1) is 23.3. The molecule has 0 saturated heterocycles. The second-order valence-corrected chi connectivity index (χ2v) is 13.6. The second kappa shape index (κ2) is 11.8. The number of nitrogens with zero attached hydrogens (tertiary/aromatic N) is 1. The van der Waals surface area contributed by atoms with Gasteiger partial charge in [0, 0.05) is 21.8 Å². The molecule has 0 amide bonds. The Morgan fingerprint density at radius 2 is 1.36 bits per heavy atom. The third kappa shape index (κ3) is 5.25. The average molecular weight is 624 g/mol. The summed E-state index contributed by atoms with van der Waals surface area (Å²) in [5.74, 6) is 1.37. The molecule has 0 radical (unpaired) electrons.